The molecule has 2 fully saturated rings. The van der Waals surface area contributed by atoms with Gasteiger partial charge in [-0.3, -0.25) is 0 Å². The van der Waals surface area contributed by atoms with Crippen molar-refractivity contribution in [2.75, 3.05) is 0 Å². The molecule has 0 radical (unpaired) electrons. The molecule has 0 heteroatoms. The summed E-state index contributed by atoms with van der Waals surface area (Å²) in [7, 11) is 0. The van der Waals surface area contributed by atoms with E-state index in [2.05, 4.69) is 13.8 Å². The normalized spacial score (nSPS) is 50.7. The van der Waals surface area contributed by atoms with E-state index in [4.69, 9.17) is 0 Å². The Morgan fingerprint density at radius 3 is 1.73 bits per heavy atom. The van der Waals surface area contributed by atoms with Gasteiger partial charge in [0.2, 0.25) is 0 Å². The van der Waals surface area contributed by atoms with Gasteiger partial charge in [0.25, 0.3) is 0 Å². The van der Waals surface area contributed by atoms with Gasteiger partial charge in [-0.25, -0.2) is 0 Å². The predicted molar refractivity (Wildman–Crippen MR) is 48.4 cm³/mol. The molecule has 11 heavy (non-hydrogen) atoms. The van der Waals surface area contributed by atoms with Crippen molar-refractivity contribution in [3.8, 4) is 0 Å². The van der Waals surface area contributed by atoms with Crippen molar-refractivity contribution >= 4 is 0 Å². The van der Waals surface area contributed by atoms with Crippen LogP contribution < -0.4 is 0 Å². The van der Waals surface area contributed by atoms with Gasteiger partial charge in [-0.05, 0) is 36.5 Å². The van der Waals surface area contributed by atoms with Gasteiger partial charge in [-0.2, -0.15) is 0 Å². The standard InChI is InChI=1S/C11H20/c1-8-4-3-5-10(8)11-7-6-9(11)2/h8-11H,3-7H2,1-2H3. The van der Waals surface area contributed by atoms with E-state index in [9.17, 15) is 0 Å². The minimum atomic E-state index is 1.04. The zero-order chi connectivity index (χ0) is 7.84. The Morgan fingerprint density at radius 2 is 1.36 bits per heavy atom. The van der Waals surface area contributed by atoms with Crippen molar-refractivity contribution in [2.45, 2.75) is 46.0 Å². The first-order chi connectivity index (χ1) is 5.29. The minimum absolute atomic E-state index is 1.04. The second-order valence-corrected chi connectivity index (χ2v) is 4.79. The maximum absolute atomic E-state index is 2.46. The highest BCUT2D eigenvalue weighted by molar-refractivity contribution is 4.88. The van der Waals surface area contributed by atoms with Crippen molar-refractivity contribution in [3.05, 3.63) is 0 Å². The summed E-state index contributed by atoms with van der Waals surface area (Å²) in [6, 6.07) is 0. The molecule has 0 amide bonds. The van der Waals surface area contributed by atoms with Gasteiger partial charge < -0.3 is 0 Å². The van der Waals surface area contributed by atoms with Crippen molar-refractivity contribution < 1.29 is 0 Å². The van der Waals surface area contributed by atoms with E-state index in [1.165, 1.54) is 32.1 Å². The summed E-state index contributed by atoms with van der Waals surface area (Å²) in [5.41, 5.74) is 0. The molecule has 2 aliphatic rings. The monoisotopic (exact) mass is 152 g/mol. The fraction of sp³-hybridized carbons (Fsp3) is 1.00. The Bertz CT molecular complexity index is 139. The Kier molecular flexibility index (Phi) is 1.95. The van der Waals surface area contributed by atoms with Gasteiger partial charge in [-0.1, -0.05) is 33.1 Å². The summed E-state index contributed by atoms with van der Waals surface area (Å²) < 4.78 is 0. The van der Waals surface area contributed by atoms with E-state index in [-0.39, 0.29) is 0 Å². The number of hydrogen-bond acceptors (Lipinski definition) is 0. The fourth-order valence-electron chi connectivity index (χ4n) is 3.14. The molecule has 0 aromatic carbocycles. The molecule has 0 heterocycles. The molecule has 2 aliphatic carbocycles. The molecule has 2 saturated carbocycles. The Morgan fingerprint density at radius 1 is 0.727 bits per heavy atom. The van der Waals surface area contributed by atoms with Gasteiger partial charge in [-0.15, -0.1) is 0 Å². The first-order valence-corrected chi connectivity index (χ1v) is 5.29. The molecule has 0 aromatic rings. The summed E-state index contributed by atoms with van der Waals surface area (Å²) >= 11 is 0. The lowest BCUT2D eigenvalue weighted by Gasteiger charge is -2.40. The lowest BCUT2D eigenvalue weighted by molar-refractivity contribution is 0.0979. The van der Waals surface area contributed by atoms with Crippen molar-refractivity contribution in [1.29, 1.82) is 0 Å². The molecule has 0 saturated heterocycles. The van der Waals surface area contributed by atoms with E-state index in [1.807, 2.05) is 0 Å². The first kappa shape index (κ1) is 7.64. The Balaban J connectivity index is 1.93. The second kappa shape index (κ2) is 2.80. The number of hydrogen-bond donors (Lipinski definition) is 0. The van der Waals surface area contributed by atoms with E-state index >= 15 is 0 Å². The third-order valence-electron chi connectivity index (χ3n) is 4.16. The van der Waals surface area contributed by atoms with Crippen molar-refractivity contribution in [3.63, 3.8) is 0 Å². The molecule has 0 aliphatic heterocycles. The smallest absolute Gasteiger partial charge is 0.0357 e. The SMILES string of the molecule is CC1CCCC1C1CCC1C. The van der Waals surface area contributed by atoms with Crippen molar-refractivity contribution in [1.82, 2.24) is 0 Å². The van der Waals surface area contributed by atoms with Gasteiger partial charge in [0.05, 0.1) is 0 Å². The predicted octanol–water partition coefficient (Wildman–Crippen LogP) is 3.47. The third kappa shape index (κ3) is 1.21. The fourth-order valence-corrected chi connectivity index (χ4v) is 3.14. The second-order valence-electron chi connectivity index (χ2n) is 4.79. The van der Waals surface area contributed by atoms with E-state index in [0.29, 0.717) is 0 Å². The molecule has 0 bridgehead atoms. The quantitative estimate of drug-likeness (QED) is 0.539. The van der Waals surface area contributed by atoms with Crippen molar-refractivity contribution in [2.24, 2.45) is 23.7 Å². The largest absolute Gasteiger partial charge is 0.0622 e. The maximum Gasteiger partial charge on any atom is -0.0357 e. The zero-order valence-electron chi connectivity index (χ0n) is 7.84. The average Bonchev–Trinajstić information content (AvgIpc) is 2.34. The van der Waals surface area contributed by atoms with Crippen LogP contribution in [0.4, 0.5) is 0 Å². The highest BCUT2D eigenvalue weighted by Crippen LogP contribution is 2.48. The Labute approximate surface area is 70.4 Å². The van der Waals surface area contributed by atoms with E-state index in [0.717, 1.165) is 23.7 Å². The van der Waals surface area contributed by atoms with Gasteiger partial charge in [0.1, 0.15) is 0 Å². The van der Waals surface area contributed by atoms with Crippen LogP contribution in [0.3, 0.4) is 0 Å². The van der Waals surface area contributed by atoms with Crippen LogP contribution in [0.15, 0.2) is 0 Å². The van der Waals surface area contributed by atoms with Crippen LogP contribution in [0.5, 0.6) is 0 Å². The molecule has 0 spiro atoms. The molecule has 2 rings (SSSR count). The topological polar surface area (TPSA) is 0 Å². The molecular formula is C11H20. The van der Waals surface area contributed by atoms with E-state index < -0.39 is 0 Å². The summed E-state index contributed by atoms with van der Waals surface area (Å²) in [4.78, 5) is 0. The maximum atomic E-state index is 2.46. The highest BCUT2D eigenvalue weighted by atomic mass is 14.4. The summed E-state index contributed by atoms with van der Waals surface area (Å²) in [5.74, 6) is 4.33. The van der Waals surface area contributed by atoms with Crippen LogP contribution in [-0.4, -0.2) is 0 Å². The average molecular weight is 152 g/mol. The molecule has 64 valence electrons. The number of rotatable bonds is 1. The van der Waals surface area contributed by atoms with Crippen LogP contribution in [0.25, 0.3) is 0 Å². The lowest BCUT2D eigenvalue weighted by atomic mass is 9.65. The van der Waals surface area contributed by atoms with Gasteiger partial charge >= 0.3 is 0 Å². The highest BCUT2D eigenvalue weighted by Gasteiger charge is 2.38. The zero-order valence-corrected chi connectivity index (χ0v) is 7.84. The molecule has 4 atom stereocenters. The molecule has 0 N–H and O–H groups in total. The first-order valence-electron chi connectivity index (χ1n) is 5.29. The van der Waals surface area contributed by atoms with Crippen LogP contribution in [0.2, 0.25) is 0 Å². The summed E-state index contributed by atoms with van der Waals surface area (Å²) in [6.07, 6.45) is 7.60. The van der Waals surface area contributed by atoms with Crippen LogP contribution in [0.1, 0.15) is 46.0 Å². The molecule has 4 unspecified atom stereocenters. The van der Waals surface area contributed by atoms with Crippen LogP contribution in [0, 0.1) is 23.7 Å². The lowest BCUT2D eigenvalue weighted by Crippen LogP contribution is -2.31. The van der Waals surface area contributed by atoms with Crippen LogP contribution >= 0.6 is 0 Å². The Hall–Kier alpha value is 0. The van der Waals surface area contributed by atoms with E-state index in [1.54, 1.807) is 0 Å². The molecule has 0 aromatic heterocycles. The minimum Gasteiger partial charge on any atom is -0.0622 e. The summed E-state index contributed by atoms with van der Waals surface area (Å²) in [5, 5.41) is 0. The summed E-state index contributed by atoms with van der Waals surface area (Å²) in [6.45, 7) is 4.90. The van der Waals surface area contributed by atoms with Gasteiger partial charge in [0.15, 0.2) is 0 Å². The third-order valence-corrected chi connectivity index (χ3v) is 4.16. The molecular weight excluding hydrogens is 132 g/mol. The van der Waals surface area contributed by atoms with Gasteiger partial charge in [0, 0.05) is 0 Å². The molecule has 0 nitrogen and oxygen atoms in total. The van der Waals surface area contributed by atoms with Crippen LogP contribution in [-0.2, 0) is 0 Å².